The quantitative estimate of drug-likeness (QED) is 0.679. The minimum absolute atomic E-state index is 0.0788. The third kappa shape index (κ3) is 6.32. The second-order valence-corrected chi connectivity index (χ2v) is 8.53. The van der Waals surface area contributed by atoms with E-state index in [2.05, 4.69) is 4.72 Å². The van der Waals surface area contributed by atoms with Gasteiger partial charge in [0.05, 0.1) is 11.3 Å². The minimum atomic E-state index is -3.66. The summed E-state index contributed by atoms with van der Waals surface area (Å²) < 4.78 is 31.7. The number of nitrogens with zero attached hydrogens (tertiary/aromatic N) is 1. The lowest BCUT2D eigenvalue weighted by Crippen LogP contribution is -2.45. The van der Waals surface area contributed by atoms with Crippen molar-refractivity contribution in [3.05, 3.63) is 29.8 Å². The van der Waals surface area contributed by atoms with E-state index in [0.717, 1.165) is 31.2 Å². The molecule has 0 radical (unpaired) electrons. The molecule has 8 heteroatoms. The molecule has 0 aliphatic carbocycles. The van der Waals surface area contributed by atoms with E-state index in [1.165, 1.54) is 12.1 Å². The van der Waals surface area contributed by atoms with Crippen LogP contribution in [0.4, 0.5) is 0 Å². The summed E-state index contributed by atoms with van der Waals surface area (Å²) in [6.07, 6.45) is 3.83. The van der Waals surface area contributed by atoms with Gasteiger partial charge < -0.3 is 9.64 Å². The molecule has 1 amide bonds. The molecular formula is C19H28N2O5S. The van der Waals surface area contributed by atoms with E-state index >= 15 is 0 Å². The molecule has 0 spiro atoms. The average Bonchev–Trinajstić information content (AvgIpc) is 2.66. The molecule has 1 aromatic rings. The van der Waals surface area contributed by atoms with Gasteiger partial charge in [-0.1, -0.05) is 24.6 Å². The number of hydrogen-bond donors (Lipinski definition) is 1. The van der Waals surface area contributed by atoms with Gasteiger partial charge in [-0.05, 0) is 44.7 Å². The average molecular weight is 397 g/mol. The van der Waals surface area contributed by atoms with Crippen LogP contribution < -0.4 is 4.72 Å². The van der Waals surface area contributed by atoms with Gasteiger partial charge in [-0.25, -0.2) is 13.1 Å². The van der Waals surface area contributed by atoms with Crippen molar-refractivity contribution in [3.63, 3.8) is 0 Å². The van der Waals surface area contributed by atoms with Crippen LogP contribution in [0.1, 0.15) is 44.6 Å². The predicted octanol–water partition coefficient (Wildman–Crippen LogP) is 2.00. The summed E-state index contributed by atoms with van der Waals surface area (Å²) in [4.78, 5) is 26.0. The Bertz CT molecular complexity index is 746. The van der Waals surface area contributed by atoms with Gasteiger partial charge in [0.15, 0.2) is 6.61 Å². The first-order valence-corrected chi connectivity index (χ1v) is 10.8. The van der Waals surface area contributed by atoms with Gasteiger partial charge in [0.2, 0.25) is 10.0 Å². The van der Waals surface area contributed by atoms with E-state index < -0.39 is 16.0 Å². The van der Waals surface area contributed by atoms with E-state index in [-0.39, 0.29) is 36.4 Å². The molecular weight excluding hydrogens is 368 g/mol. The van der Waals surface area contributed by atoms with Gasteiger partial charge in [0, 0.05) is 19.1 Å². The Morgan fingerprint density at radius 2 is 1.93 bits per heavy atom. The topological polar surface area (TPSA) is 92.8 Å². The monoisotopic (exact) mass is 396 g/mol. The second kappa shape index (κ2) is 9.85. The maximum Gasteiger partial charge on any atom is 0.307 e. The number of nitrogens with one attached hydrogen (secondary N) is 1. The number of aryl methyl sites for hydroxylation is 1. The van der Waals surface area contributed by atoms with Crippen LogP contribution in [-0.2, 0) is 24.3 Å². The lowest BCUT2D eigenvalue weighted by Gasteiger charge is -2.35. The molecule has 1 heterocycles. The number of ether oxygens (including phenoxy) is 1. The van der Waals surface area contributed by atoms with Crippen LogP contribution in [0.15, 0.2) is 29.2 Å². The molecule has 2 rings (SSSR count). The molecule has 150 valence electrons. The molecule has 1 unspecified atom stereocenters. The van der Waals surface area contributed by atoms with Crippen molar-refractivity contribution in [3.8, 4) is 0 Å². The number of hydrogen-bond acceptors (Lipinski definition) is 5. The summed E-state index contributed by atoms with van der Waals surface area (Å²) in [7, 11) is -3.66. The van der Waals surface area contributed by atoms with Crippen LogP contribution in [0.5, 0.6) is 0 Å². The standard InChI is InChI=1S/C19H28N2O5S/c1-3-16-6-4-5-13-21(16)18(22)14-26-19(23)11-12-20-27(24,25)17-9-7-15(2)8-10-17/h7-10,16,20H,3-6,11-14H2,1-2H3. The molecule has 0 bridgehead atoms. The first-order valence-electron chi connectivity index (χ1n) is 9.35. The van der Waals surface area contributed by atoms with Gasteiger partial charge in [0.1, 0.15) is 0 Å². The fourth-order valence-electron chi connectivity index (χ4n) is 3.14. The Kier molecular flexibility index (Phi) is 7.79. The smallest absolute Gasteiger partial charge is 0.307 e. The Morgan fingerprint density at radius 3 is 2.59 bits per heavy atom. The number of carbonyl (C=O) groups is 2. The lowest BCUT2D eigenvalue weighted by atomic mass is 10.00. The number of sulfonamides is 1. The molecule has 1 N–H and O–H groups in total. The zero-order chi connectivity index (χ0) is 19.9. The Balaban J connectivity index is 1.74. The van der Waals surface area contributed by atoms with Gasteiger partial charge in [-0.3, -0.25) is 9.59 Å². The highest BCUT2D eigenvalue weighted by atomic mass is 32.2. The van der Waals surface area contributed by atoms with Gasteiger partial charge in [-0.15, -0.1) is 0 Å². The Hall–Kier alpha value is -1.93. The third-order valence-electron chi connectivity index (χ3n) is 4.73. The summed E-state index contributed by atoms with van der Waals surface area (Å²) >= 11 is 0. The van der Waals surface area contributed by atoms with Gasteiger partial charge in [-0.2, -0.15) is 0 Å². The molecule has 1 aromatic carbocycles. The molecule has 1 fully saturated rings. The van der Waals surface area contributed by atoms with Crippen LogP contribution in [0.3, 0.4) is 0 Å². The number of piperidine rings is 1. The molecule has 1 atom stereocenters. The summed E-state index contributed by atoms with van der Waals surface area (Å²) in [5.41, 5.74) is 0.959. The molecule has 0 saturated carbocycles. The largest absolute Gasteiger partial charge is 0.456 e. The van der Waals surface area contributed by atoms with Crippen molar-refractivity contribution in [2.24, 2.45) is 0 Å². The number of carbonyl (C=O) groups excluding carboxylic acids is 2. The predicted molar refractivity (Wildman–Crippen MR) is 102 cm³/mol. The highest BCUT2D eigenvalue weighted by Crippen LogP contribution is 2.19. The number of likely N-dealkylation sites (tertiary alicyclic amines) is 1. The zero-order valence-corrected chi connectivity index (χ0v) is 16.8. The van der Waals surface area contributed by atoms with E-state index in [1.54, 1.807) is 17.0 Å². The normalized spacial score (nSPS) is 17.6. The van der Waals surface area contributed by atoms with Crippen LogP contribution in [-0.4, -0.2) is 50.9 Å². The molecule has 0 aromatic heterocycles. The van der Waals surface area contributed by atoms with E-state index in [1.807, 2.05) is 13.8 Å². The van der Waals surface area contributed by atoms with E-state index in [9.17, 15) is 18.0 Å². The van der Waals surface area contributed by atoms with E-state index in [4.69, 9.17) is 4.74 Å². The van der Waals surface area contributed by atoms with Crippen molar-refractivity contribution < 1.29 is 22.7 Å². The maximum absolute atomic E-state index is 12.3. The minimum Gasteiger partial charge on any atom is -0.456 e. The number of benzene rings is 1. The summed E-state index contributed by atoms with van der Waals surface area (Å²) in [6, 6.07) is 6.65. The van der Waals surface area contributed by atoms with Crippen LogP contribution >= 0.6 is 0 Å². The number of rotatable bonds is 8. The maximum atomic E-state index is 12.3. The van der Waals surface area contributed by atoms with Crippen molar-refractivity contribution in [1.29, 1.82) is 0 Å². The van der Waals surface area contributed by atoms with Crippen molar-refractivity contribution >= 4 is 21.9 Å². The first kappa shape index (κ1) is 21.4. The Labute approximate surface area is 161 Å². The van der Waals surface area contributed by atoms with Gasteiger partial charge >= 0.3 is 5.97 Å². The summed E-state index contributed by atoms with van der Waals surface area (Å²) in [5.74, 6) is -0.782. The van der Waals surface area contributed by atoms with Crippen LogP contribution in [0.2, 0.25) is 0 Å². The van der Waals surface area contributed by atoms with E-state index in [0.29, 0.717) is 6.54 Å². The Morgan fingerprint density at radius 1 is 1.22 bits per heavy atom. The summed E-state index contributed by atoms with van der Waals surface area (Å²) in [6.45, 7) is 4.24. The fourth-order valence-corrected chi connectivity index (χ4v) is 4.17. The first-order chi connectivity index (χ1) is 12.8. The molecule has 7 nitrogen and oxygen atoms in total. The van der Waals surface area contributed by atoms with Crippen LogP contribution in [0.25, 0.3) is 0 Å². The van der Waals surface area contributed by atoms with Crippen molar-refractivity contribution in [1.82, 2.24) is 9.62 Å². The molecule has 1 aliphatic rings. The van der Waals surface area contributed by atoms with Crippen LogP contribution in [0, 0.1) is 6.92 Å². The highest BCUT2D eigenvalue weighted by Gasteiger charge is 2.25. The number of esters is 1. The zero-order valence-electron chi connectivity index (χ0n) is 15.9. The second-order valence-electron chi connectivity index (χ2n) is 6.77. The fraction of sp³-hybridized carbons (Fsp3) is 0.579. The SMILES string of the molecule is CCC1CCCCN1C(=O)COC(=O)CCNS(=O)(=O)c1ccc(C)cc1. The molecule has 27 heavy (non-hydrogen) atoms. The highest BCUT2D eigenvalue weighted by molar-refractivity contribution is 7.89. The molecule has 1 aliphatic heterocycles. The van der Waals surface area contributed by atoms with Crippen molar-refractivity contribution in [2.75, 3.05) is 19.7 Å². The lowest BCUT2D eigenvalue weighted by molar-refractivity contribution is -0.153. The number of amides is 1. The van der Waals surface area contributed by atoms with Gasteiger partial charge in [0.25, 0.3) is 5.91 Å². The third-order valence-corrected chi connectivity index (χ3v) is 6.20. The molecule has 1 saturated heterocycles. The van der Waals surface area contributed by atoms with Crippen molar-refractivity contribution in [2.45, 2.75) is 56.9 Å². The summed E-state index contributed by atoms with van der Waals surface area (Å²) in [5, 5.41) is 0.